The van der Waals surface area contributed by atoms with Crippen LogP contribution in [-0.2, 0) is 4.74 Å². The maximum Gasteiger partial charge on any atom is 0.358 e. The molecule has 0 aromatic carbocycles. The van der Waals surface area contributed by atoms with Crippen molar-refractivity contribution in [1.82, 2.24) is 9.97 Å². The van der Waals surface area contributed by atoms with Crippen molar-refractivity contribution >= 4 is 11.9 Å². The standard InChI is InChI=1S/C6H7N3O3/c1-12-6(11)3-2-8-5(9-3)4(7)10/h2H,1H3,(H2,7,10)(H,8,9). The van der Waals surface area contributed by atoms with Crippen molar-refractivity contribution in [3.8, 4) is 0 Å². The van der Waals surface area contributed by atoms with E-state index >= 15 is 0 Å². The summed E-state index contributed by atoms with van der Waals surface area (Å²) >= 11 is 0. The van der Waals surface area contributed by atoms with Crippen molar-refractivity contribution in [1.29, 1.82) is 0 Å². The molecule has 0 saturated heterocycles. The largest absolute Gasteiger partial charge is 0.464 e. The van der Waals surface area contributed by atoms with E-state index in [-0.39, 0.29) is 11.5 Å². The van der Waals surface area contributed by atoms with Crippen LogP contribution in [0.3, 0.4) is 0 Å². The lowest BCUT2D eigenvalue weighted by atomic mass is 10.5. The van der Waals surface area contributed by atoms with Crippen LogP contribution in [0.2, 0.25) is 0 Å². The van der Waals surface area contributed by atoms with Gasteiger partial charge < -0.3 is 15.5 Å². The average Bonchev–Trinajstić information content (AvgIpc) is 2.51. The molecular weight excluding hydrogens is 162 g/mol. The summed E-state index contributed by atoms with van der Waals surface area (Å²) in [5.74, 6) is -1.39. The van der Waals surface area contributed by atoms with Gasteiger partial charge in [-0.3, -0.25) is 4.79 Å². The first-order valence-electron chi connectivity index (χ1n) is 3.08. The van der Waals surface area contributed by atoms with Crippen LogP contribution >= 0.6 is 0 Å². The summed E-state index contributed by atoms with van der Waals surface area (Å²) < 4.78 is 4.36. The van der Waals surface area contributed by atoms with Crippen molar-refractivity contribution in [3.05, 3.63) is 17.7 Å². The number of nitrogens with one attached hydrogen (secondary N) is 1. The van der Waals surface area contributed by atoms with Crippen molar-refractivity contribution in [2.75, 3.05) is 7.11 Å². The molecule has 0 saturated carbocycles. The second kappa shape index (κ2) is 3.04. The summed E-state index contributed by atoms with van der Waals surface area (Å²) in [5.41, 5.74) is 4.92. The van der Waals surface area contributed by atoms with Crippen LogP contribution in [0.25, 0.3) is 0 Å². The Kier molecular flexibility index (Phi) is 2.09. The molecule has 1 amide bonds. The third-order valence-electron chi connectivity index (χ3n) is 1.21. The number of methoxy groups -OCH3 is 1. The maximum absolute atomic E-state index is 10.8. The fourth-order valence-corrected chi connectivity index (χ4v) is 0.657. The molecule has 6 heteroatoms. The Morgan fingerprint density at radius 3 is 2.75 bits per heavy atom. The molecule has 0 unspecified atom stereocenters. The third kappa shape index (κ3) is 1.42. The first kappa shape index (κ1) is 8.25. The van der Waals surface area contributed by atoms with Crippen LogP contribution in [0, 0.1) is 0 Å². The van der Waals surface area contributed by atoms with Crippen LogP contribution in [0.1, 0.15) is 21.1 Å². The fraction of sp³-hybridized carbons (Fsp3) is 0.167. The quantitative estimate of drug-likeness (QED) is 0.571. The number of H-pyrrole nitrogens is 1. The number of aromatic nitrogens is 2. The molecule has 12 heavy (non-hydrogen) atoms. The number of hydrogen-bond donors (Lipinski definition) is 2. The number of rotatable bonds is 2. The monoisotopic (exact) mass is 169 g/mol. The minimum Gasteiger partial charge on any atom is -0.464 e. The Morgan fingerprint density at radius 2 is 2.33 bits per heavy atom. The van der Waals surface area contributed by atoms with E-state index in [1.165, 1.54) is 13.3 Å². The molecule has 3 N–H and O–H groups in total. The van der Waals surface area contributed by atoms with Crippen LogP contribution in [0.5, 0.6) is 0 Å². The van der Waals surface area contributed by atoms with E-state index in [2.05, 4.69) is 14.7 Å². The van der Waals surface area contributed by atoms with Gasteiger partial charge in [-0.1, -0.05) is 0 Å². The van der Waals surface area contributed by atoms with Gasteiger partial charge in [0, 0.05) is 6.20 Å². The third-order valence-corrected chi connectivity index (χ3v) is 1.21. The predicted molar refractivity (Wildman–Crippen MR) is 38.4 cm³/mol. The number of primary amides is 1. The van der Waals surface area contributed by atoms with Gasteiger partial charge in [-0.2, -0.15) is 0 Å². The predicted octanol–water partition coefficient (Wildman–Crippen LogP) is -0.705. The van der Waals surface area contributed by atoms with Crippen molar-refractivity contribution in [3.63, 3.8) is 0 Å². The number of carbonyl (C=O) groups excluding carboxylic acids is 2. The highest BCUT2D eigenvalue weighted by molar-refractivity contribution is 5.92. The summed E-state index contributed by atoms with van der Waals surface area (Å²) in [7, 11) is 1.22. The van der Waals surface area contributed by atoms with Crippen molar-refractivity contribution in [2.24, 2.45) is 5.73 Å². The van der Waals surface area contributed by atoms with E-state index in [1.54, 1.807) is 0 Å². The lowest BCUT2D eigenvalue weighted by Gasteiger charge is -1.90. The SMILES string of the molecule is COC(=O)c1c[nH]c(C(N)=O)n1. The van der Waals surface area contributed by atoms with Gasteiger partial charge in [-0.25, -0.2) is 9.78 Å². The summed E-state index contributed by atoms with van der Waals surface area (Å²) in [6, 6.07) is 0. The number of esters is 1. The highest BCUT2D eigenvalue weighted by Gasteiger charge is 2.12. The highest BCUT2D eigenvalue weighted by Crippen LogP contribution is 1.97. The summed E-state index contributed by atoms with van der Waals surface area (Å²) in [6.07, 6.45) is 1.26. The Labute approximate surface area is 67.7 Å². The zero-order chi connectivity index (χ0) is 9.14. The Bertz CT molecular complexity index is 318. The number of imidazole rings is 1. The normalized spacial score (nSPS) is 9.42. The second-order valence-corrected chi connectivity index (χ2v) is 1.99. The Hall–Kier alpha value is -1.85. The number of amides is 1. The molecule has 64 valence electrons. The van der Waals surface area contributed by atoms with E-state index in [4.69, 9.17) is 5.73 Å². The van der Waals surface area contributed by atoms with E-state index in [0.717, 1.165) is 0 Å². The molecular formula is C6H7N3O3. The number of hydrogen-bond acceptors (Lipinski definition) is 4. The van der Waals surface area contributed by atoms with Gasteiger partial charge >= 0.3 is 5.97 Å². The van der Waals surface area contributed by atoms with E-state index < -0.39 is 11.9 Å². The van der Waals surface area contributed by atoms with E-state index in [1.807, 2.05) is 0 Å². The molecule has 0 aliphatic rings. The van der Waals surface area contributed by atoms with Crippen LogP contribution in [-0.4, -0.2) is 29.0 Å². The number of aromatic amines is 1. The first-order valence-corrected chi connectivity index (χ1v) is 3.08. The molecule has 1 aromatic heterocycles. The molecule has 0 fully saturated rings. The molecule has 0 spiro atoms. The van der Waals surface area contributed by atoms with E-state index in [0.29, 0.717) is 0 Å². The first-order chi connectivity index (χ1) is 5.65. The second-order valence-electron chi connectivity index (χ2n) is 1.99. The maximum atomic E-state index is 10.8. The van der Waals surface area contributed by atoms with Gasteiger partial charge in [-0.15, -0.1) is 0 Å². The summed E-state index contributed by atoms with van der Waals surface area (Å²) in [5, 5.41) is 0. The zero-order valence-corrected chi connectivity index (χ0v) is 6.33. The smallest absolute Gasteiger partial charge is 0.358 e. The van der Waals surface area contributed by atoms with Gasteiger partial charge in [0.1, 0.15) is 0 Å². The number of nitrogens with two attached hydrogens (primary N) is 1. The van der Waals surface area contributed by atoms with E-state index in [9.17, 15) is 9.59 Å². The molecule has 0 aliphatic heterocycles. The number of carbonyl (C=O) groups is 2. The molecule has 0 radical (unpaired) electrons. The Balaban J connectivity index is 2.91. The minimum atomic E-state index is -0.717. The lowest BCUT2D eigenvalue weighted by molar-refractivity contribution is 0.0594. The van der Waals surface area contributed by atoms with Crippen LogP contribution < -0.4 is 5.73 Å². The minimum absolute atomic E-state index is 0.0336. The zero-order valence-electron chi connectivity index (χ0n) is 6.33. The number of nitrogens with zero attached hydrogens (tertiary/aromatic N) is 1. The van der Waals surface area contributed by atoms with Gasteiger partial charge in [0.25, 0.3) is 5.91 Å². The van der Waals surface area contributed by atoms with Gasteiger partial charge in [-0.05, 0) is 0 Å². The van der Waals surface area contributed by atoms with Gasteiger partial charge in [0.05, 0.1) is 7.11 Å². The molecule has 1 rings (SSSR count). The molecule has 6 nitrogen and oxygen atoms in total. The van der Waals surface area contributed by atoms with Crippen molar-refractivity contribution in [2.45, 2.75) is 0 Å². The molecule has 1 aromatic rings. The van der Waals surface area contributed by atoms with Crippen LogP contribution in [0.15, 0.2) is 6.20 Å². The average molecular weight is 169 g/mol. The summed E-state index contributed by atoms with van der Waals surface area (Å²) in [6.45, 7) is 0. The summed E-state index contributed by atoms with van der Waals surface area (Å²) in [4.78, 5) is 27.3. The fourth-order valence-electron chi connectivity index (χ4n) is 0.657. The topological polar surface area (TPSA) is 98.1 Å². The van der Waals surface area contributed by atoms with Crippen LogP contribution in [0.4, 0.5) is 0 Å². The van der Waals surface area contributed by atoms with Crippen molar-refractivity contribution < 1.29 is 14.3 Å². The molecule has 0 atom stereocenters. The molecule has 0 aliphatic carbocycles. The van der Waals surface area contributed by atoms with Gasteiger partial charge in [0.2, 0.25) is 0 Å². The van der Waals surface area contributed by atoms with Gasteiger partial charge in [0.15, 0.2) is 11.5 Å². The lowest BCUT2D eigenvalue weighted by Crippen LogP contribution is -2.13. The Morgan fingerprint density at radius 1 is 1.67 bits per heavy atom. The molecule has 0 bridgehead atoms. The molecule has 1 heterocycles. The number of ether oxygens (including phenoxy) is 1. The highest BCUT2D eigenvalue weighted by atomic mass is 16.5.